The third-order valence-electron chi connectivity index (χ3n) is 11.9. The van der Waals surface area contributed by atoms with E-state index in [0.29, 0.717) is 18.7 Å². The lowest BCUT2D eigenvalue weighted by atomic mass is 9.89. The highest BCUT2D eigenvalue weighted by atomic mass is 35.5. The van der Waals surface area contributed by atoms with Crippen molar-refractivity contribution in [1.29, 1.82) is 0 Å². The van der Waals surface area contributed by atoms with Gasteiger partial charge in [-0.1, -0.05) is 127 Å². The number of rotatable bonds is 6. The van der Waals surface area contributed by atoms with Crippen molar-refractivity contribution in [2.45, 2.75) is 34.6 Å². The van der Waals surface area contributed by atoms with Crippen LogP contribution in [0.1, 0.15) is 64.5 Å². The van der Waals surface area contributed by atoms with E-state index in [2.05, 4.69) is 128 Å². The monoisotopic (exact) mass is 906 g/mol. The predicted octanol–water partition coefficient (Wildman–Crippen LogP) is 14.7. The normalized spacial score (nSPS) is 11.0. The maximum absolute atomic E-state index is 12.9. The molecule has 0 aromatic heterocycles. The molecule has 334 valence electrons. The lowest BCUT2D eigenvalue weighted by molar-refractivity contribution is 0.0527. The summed E-state index contributed by atoms with van der Waals surface area (Å²) in [5.74, 6) is 14.2. The fourth-order valence-electron chi connectivity index (χ4n) is 8.73. The Hall–Kier alpha value is -8.09. The first-order valence-corrected chi connectivity index (χ1v) is 22.9. The fourth-order valence-corrected chi connectivity index (χ4v) is 8.73. The zero-order valence-electron chi connectivity index (χ0n) is 38.9. The highest BCUT2D eigenvalue weighted by Crippen LogP contribution is 2.43. The molecule has 68 heavy (non-hydrogen) atoms. The SMILES string of the molecule is C(#Cc1c2ccccc2c(C#Cc2ccccc2)c2cc3ccccc3cc12)c1ccccc1.CC/N=c1/cc2oc3cc(NCC)c(C)cc3c(-c3ccccc3C(=O)OCC)c-2cc1C.Cl. The highest BCUT2D eigenvalue weighted by molar-refractivity contribution is 6.14. The number of carbonyl (C=O) groups excluding carboxylic acids is 1. The number of halogens is 1. The molecule has 8 aromatic carbocycles. The van der Waals surface area contributed by atoms with E-state index in [9.17, 15) is 4.79 Å². The van der Waals surface area contributed by atoms with Crippen molar-refractivity contribution in [3.63, 3.8) is 0 Å². The number of esters is 1. The fraction of sp³-hybridized carbons (Fsp3) is 0.129. The van der Waals surface area contributed by atoms with Gasteiger partial charge in [0.15, 0.2) is 0 Å². The van der Waals surface area contributed by atoms with Gasteiger partial charge in [0.05, 0.1) is 17.5 Å². The van der Waals surface area contributed by atoms with Crippen molar-refractivity contribution in [3.8, 4) is 46.1 Å². The van der Waals surface area contributed by atoms with Gasteiger partial charge < -0.3 is 14.5 Å². The molecule has 0 saturated carbocycles. The molecule has 1 N–H and O–H groups in total. The second-order valence-corrected chi connectivity index (χ2v) is 16.3. The van der Waals surface area contributed by atoms with Crippen LogP contribution in [0.15, 0.2) is 179 Å². The maximum Gasteiger partial charge on any atom is 0.338 e. The molecule has 10 rings (SSSR count). The molecule has 1 aliphatic heterocycles. The molecule has 0 fully saturated rings. The first-order chi connectivity index (χ1) is 32.8. The van der Waals surface area contributed by atoms with Crippen molar-refractivity contribution in [2.75, 3.05) is 25.0 Å². The lowest BCUT2D eigenvalue weighted by Crippen LogP contribution is -2.10. The van der Waals surface area contributed by atoms with Gasteiger partial charge in [-0.15, -0.1) is 12.4 Å². The minimum Gasteiger partial charge on any atom is -0.462 e. The highest BCUT2D eigenvalue weighted by Gasteiger charge is 2.23. The van der Waals surface area contributed by atoms with Crippen molar-refractivity contribution in [2.24, 2.45) is 4.99 Å². The number of fused-ring (bicyclic) bond motifs is 5. The molecule has 0 atom stereocenters. The summed E-state index contributed by atoms with van der Waals surface area (Å²) < 4.78 is 11.8. The summed E-state index contributed by atoms with van der Waals surface area (Å²) in [6, 6.07) is 57.7. The molecule has 0 saturated heterocycles. The van der Waals surface area contributed by atoms with Crippen molar-refractivity contribution in [3.05, 3.63) is 214 Å². The van der Waals surface area contributed by atoms with Crippen LogP contribution in [0.3, 0.4) is 0 Å². The topological polar surface area (TPSA) is 63.8 Å². The van der Waals surface area contributed by atoms with Gasteiger partial charge in [-0.2, -0.15) is 0 Å². The smallest absolute Gasteiger partial charge is 0.338 e. The van der Waals surface area contributed by atoms with E-state index in [0.717, 1.165) is 106 Å². The summed E-state index contributed by atoms with van der Waals surface area (Å²) in [4.78, 5) is 17.5. The van der Waals surface area contributed by atoms with Crippen molar-refractivity contribution >= 4 is 67.4 Å². The van der Waals surface area contributed by atoms with Gasteiger partial charge in [0.1, 0.15) is 11.3 Å². The summed E-state index contributed by atoms with van der Waals surface area (Å²) >= 11 is 0. The Morgan fingerprint density at radius 1 is 0.574 bits per heavy atom. The largest absolute Gasteiger partial charge is 0.462 e. The van der Waals surface area contributed by atoms with Crippen LogP contribution >= 0.6 is 12.4 Å². The molecule has 6 heteroatoms. The summed E-state index contributed by atoms with van der Waals surface area (Å²) in [6.07, 6.45) is 0. The summed E-state index contributed by atoms with van der Waals surface area (Å²) in [5, 5.41) is 12.2. The number of carbonyl (C=O) groups is 1. The summed E-state index contributed by atoms with van der Waals surface area (Å²) in [7, 11) is 0. The number of nitrogens with one attached hydrogen (secondary N) is 1. The van der Waals surface area contributed by atoms with E-state index < -0.39 is 0 Å². The molecule has 5 nitrogen and oxygen atoms in total. The van der Waals surface area contributed by atoms with Gasteiger partial charge in [-0.05, 0) is 138 Å². The first-order valence-electron chi connectivity index (χ1n) is 22.9. The van der Waals surface area contributed by atoms with Crippen LogP contribution in [0.5, 0.6) is 0 Å². The minimum atomic E-state index is -0.328. The Balaban J connectivity index is 0.000000181. The van der Waals surface area contributed by atoms with Gasteiger partial charge in [-0.3, -0.25) is 4.99 Å². The number of benzene rings is 9. The number of hydrogen-bond donors (Lipinski definition) is 1. The standard InChI is InChI=1S/C34H20.C28H30N2O3.ClH/c1-3-11-25(12-4-1)19-21-31-29-17-9-10-18-30(29)32(22-20-26-13-5-2-6-14-26)34-24-28-16-8-7-15-27(28)23-33(31)34;1-6-29-23-15-25-21(13-17(23)4)27(19-11-9-10-12-20(19)28(31)32-8-3)22-14-18(5)24(30-7-2)16-26(22)33-25;/h1-18,23-24H;9-16,29H,6-8H2,1-5H3;1H/b;30-24-;. The molecule has 1 aliphatic carbocycles. The third kappa shape index (κ3) is 9.58. The van der Waals surface area contributed by atoms with Crippen LogP contribution in [0.25, 0.3) is 65.7 Å². The van der Waals surface area contributed by atoms with E-state index in [1.54, 1.807) is 0 Å². The molecule has 0 spiro atoms. The van der Waals surface area contributed by atoms with E-state index in [1.165, 1.54) is 10.8 Å². The molecule has 8 aromatic rings. The van der Waals surface area contributed by atoms with Crippen molar-refractivity contribution < 1.29 is 13.9 Å². The average molecular weight is 908 g/mol. The third-order valence-corrected chi connectivity index (χ3v) is 11.9. The van der Waals surface area contributed by atoms with Crippen LogP contribution in [0, 0.1) is 37.5 Å². The van der Waals surface area contributed by atoms with Gasteiger partial charge in [0, 0.05) is 69.7 Å². The summed E-state index contributed by atoms with van der Waals surface area (Å²) in [6.45, 7) is 11.9. The molecule has 2 aliphatic rings. The van der Waals surface area contributed by atoms with Crippen LogP contribution in [0.2, 0.25) is 0 Å². The summed E-state index contributed by atoms with van der Waals surface area (Å²) in [5.41, 5.74) is 11.4. The van der Waals surface area contributed by atoms with Gasteiger partial charge >= 0.3 is 5.97 Å². The molecule has 0 amide bonds. The van der Waals surface area contributed by atoms with Gasteiger partial charge in [-0.25, -0.2) is 4.79 Å². The molecular weight excluding hydrogens is 856 g/mol. The second kappa shape index (κ2) is 21.0. The van der Waals surface area contributed by atoms with Gasteiger partial charge in [0.2, 0.25) is 0 Å². The number of anilines is 1. The average Bonchev–Trinajstić information content (AvgIpc) is 3.35. The Bertz CT molecular complexity index is 3510. The van der Waals surface area contributed by atoms with Crippen LogP contribution in [-0.4, -0.2) is 25.7 Å². The second-order valence-electron chi connectivity index (χ2n) is 16.3. The Kier molecular flexibility index (Phi) is 14.4. The molecule has 0 radical (unpaired) electrons. The predicted molar refractivity (Wildman–Crippen MR) is 285 cm³/mol. The number of aryl methyl sites for hydroxylation is 2. The van der Waals surface area contributed by atoms with Crippen LogP contribution in [-0.2, 0) is 4.74 Å². The lowest BCUT2D eigenvalue weighted by Gasteiger charge is -2.19. The minimum absolute atomic E-state index is 0. The van der Waals surface area contributed by atoms with Crippen molar-refractivity contribution in [1.82, 2.24) is 0 Å². The zero-order chi connectivity index (χ0) is 46.3. The van der Waals surface area contributed by atoms with E-state index in [-0.39, 0.29) is 18.4 Å². The van der Waals surface area contributed by atoms with Crippen LogP contribution in [0.4, 0.5) is 5.69 Å². The molecule has 1 heterocycles. The Morgan fingerprint density at radius 2 is 1.13 bits per heavy atom. The van der Waals surface area contributed by atoms with E-state index >= 15 is 0 Å². The number of ether oxygens (including phenoxy) is 1. The maximum atomic E-state index is 12.9. The first kappa shape index (κ1) is 46.4. The number of nitrogens with zero attached hydrogens (tertiary/aromatic N) is 1. The van der Waals surface area contributed by atoms with Gasteiger partial charge in [0.25, 0.3) is 0 Å². The Morgan fingerprint density at radius 3 is 1.71 bits per heavy atom. The van der Waals surface area contributed by atoms with E-state index in [1.807, 2.05) is 111 Å². The number of hydrogen-bond acceptors (Lipinski definition) is 5. The zero-order valence-corrected chi connectivity index (χ0v) is 39.7. The molecule has 0 unspecified atom stereocenters. The molecule has 0 bridgehead atoms. The quantitative estimate of drug-likeness (QED) is 0.103. The van der Waals surface area contributed by atoms with E-state index in [4.69, 9.17) is 9.15 Å². The van der Waals surface area contributed by atoms with Crippen LogP contribution < -0.4 is 10.7 Å². The Labute approximate surface area is 404 Å². The molecular formula is C62H51ClN2O3.